The molecule has 0 spiro atoms. The molecule has 4 rings (SSSR count). The number of amides is 2. The second-order valence-corrected chi connectivity index (χ2v) is 12.6. The molecule has 2 N–H and O–H groups in total. The van der Waals surface area contributed by atoms with Crippen LogP contribution in [0.5, 0.6) is 11.6 Å². The van der Waals surface area contributed by atoms with Gasteiger partial charge in [-0.05, 0) is 74.8 Å². The van der Waals surface area contributed by atoms with Crippen LogP contribution in [0.15, 0.2) is 23.0 Å². The lowest BCUT2D eigenvalue weighted by molar-refractivity contribution is -0.152. The van der Waals surface area contributed by atoms with Crippen molar-refractivity contribution in [1.29, 1.82) is 0 Å². The van der Waals surface area contributed by atoms with E-state index in [0.717, 1.165) is 50.5 Å². The Morgan fingerprint density at radius 1 is 1.09 bits per heavy atom. The monoisotopic (exact) mass is 613 g/mol. The summed E-state index contributed by atoms with van der Waals surface area (Å²) in [6, 6.07) is 3.81. The number of ether oxygens (including phenoxy) is 4. The second-order valence-electron chi connectivity index (χ2n) is 12.6. The molecule has 11 nitrogen and oxygen atoms in total. The number of aromatic amines is 1. The lowest BCUT2D eigenvalue weighted by Crippen LogP contribution is -2.54. The van der Waals surface area contributed by atoms with Crippen molar-refractivity contribution in [3.63, 3.8) is 0 Å². The molecule has 44 heavy (non-hydrogen) atoms. The molecule has 242 valence electrons. The van der Waals surface area contributed by atoms with Crippen molar-refractivity contribution < 1.29 is 33.3 Å². The van der Waals surface area contributed by atoms with Gasteiger partial charge in [0, 0.05) is 24.1 Å². The number of hydrogen-bond donors (Lipinski definition) is 2. The number of fused-ring (bicyclic) bond motifs is 1. The molecule has 2 aliphatic rings. The Morgan fingerprint density at radius 3 is 2.52 bits per heavy atom. The number of hydrogen-bond acceptors (Lipinski definition) is 8. The minimum atomic E-state index is -0.730. The van der Waals surface area contributed by atoms with E-state index >= 15 is 0 Å². The molecule has 1 aromatic heterocycles. The van der Waals surface area contributed by atoms with E-state index in [0.29, 0.717) is 48.5 Å². The Labute approximate surface area is 258 Å². The summed E-state index contributed by atoms with van der Waals surface area (Å²) in [6.45, 7) is 7.01. The number of esters is 1. The fraction of sp³-hybridized carbons (Fsp3) is 0.636. The van der Waals surface area contributed by atoms with Crippen molar-refractivity contribution in [2.24, 2.45) is 11.3 Å². The van der Waals surface area contributed by atoms with Crippen LogP contribution < -0.4 is 20.2 Å². The number of carbonyl (C=O) groups excluding carboxylic acids is 3. The number of rotatable bonds is 13. The fourth-order valence-corrected chi connectivity index (χ4v) is 6.44. The number of likely N-dealkylation sites (tertiary alicyclic amines) is 1. The number of aryl methyl sites for hydroxylation is 1. The summed E-state index contributed by atoms with van der Waals surface area (Å²) in [5.74, 6) is 0.459. The number of carbonyl (C=O) groups is 3. The quantitative estimate of drug-likeness (QED) is 0.310. The van der Waals surface area contributed by atoms with E-state index in [2.05, 4.69) is 10.3 Å². The van der Waals surface area contributed by atoms with E-state index < -0.39 is 24.1 Å². The molecule has 2 fully saturated rings. The van der Waals surface area contributed by atoms with Gasteiger partial charge in [-0.25, -0.2) is 9.59 Å². The SMILES string of the molecule is CCOc1cc(=O)c2cc(CCCC(C)(C)COC(=O)N[C@H](C(=O)N3CCCC3C(=O)OC)C3CCCC3)c(OC)cc2[nH]1. The maximum atomic E-state index is 13.6. The highest BCUT2D eigenvalue weighted by molar-refractivity contribution is 5.90. The Morgan fingerprint density at radius 2 is 1.84 bits per heavy atom. The van der Waals surface area contributed by atoms with E-state index in [1.807, 2.05) is 32.9 Å². The third kappa shape index (κ3) is 8.04. The van der Waals surface area contributed by atoms with Gasteiger partial charge in [0.25, 0.3) is 0 Å². The summed E-state index contributed by atoms with van der Waals surface area (Å²) in [7, 11) is 2.93. The molecule has 0 bridgehead atoms. The first-order chi connectivity index (χ1) is 21.1. The van der Waals surface area contributed by atoms with E-state index in [-0.39, 0.29) is 29.3 Å². The highest BCUT2D eigenvalue weighted by Crippen LogP contribution is 2.32. The number of alkyl carbamates (subject to hydrolysis) is 1. The van der Waals surface area contributed by atoms with Gasteiger partial charge in [0.05, 0.1) is 33.0 Å². The number of methoxy groups -OCH3 is 2. The normalized spacial score (nSPS) is 17.8. The van der Waals surface area contributed by atoms with Crippen LogP contribution in [0.2, 0.25) is 0 Å². The smallest absolute Gasteiger partial charge is 0.407 e. The van der Waals surface area contributed by atoms with Gasteiger partial charge in [0.2, 0.25) is 5.91 Å². The maximum absolute atomic E-state index is 13.6. The first-order valence-corrected chi connectivity index (χ1v) is 15.7. The van der Waals surface area contributed by atoms with E-state index in [4.69, 9.17) is 18.9 Å². The van der Waals surface area contributed by atoms with Crippen LogP contribution in [0.25, 0.3) is 10.9 Å². The molecule has 1 saturated carbocycles. The number of aromatic nitrogens is 1. The average molecular weight is 614 g/mol. The van der Waals surface area contributed by atoms with Gasteiger partial charge in [-0.1, -0.05) is 26.7 Å². The summed E-state index contributed by atoms with van der Waals surface area (Å²) in [6.07, 6.45) is 6.56. The van der Waals surface area contributed by atoms with Crippen LogP contribution in [0.3, 0.4) is 0 Å². The molecule has 0 radical (unpaired) electrons. The summed E-state index contributed by atoms with van der Waals surface area (Å²) in [5, 5.41) is 3.43. The number of H-pyrrole nitrogens is 1. The first-order valence-electron chi connectivity index (χ1n) is 15.7. The highest BCUT2D eigenvalue weighted by Gasteiger charge is 2.41. The topological polar surface area (TPSA) is 136 Å². The van der Waals surface area contributed by atoms with Gasteiger partial charge in [-0.3, -0.25) is 9.59 Å². The Balaban J connectivity index is 1.34. The number of nitrogens with zero attached hydrogens (tertiary/aromatic N) is 1. The molecule has 2 heterocycles. The van der Waals surface area contributed by atoms with E-state index in [1.165, 1.54) is 13.2 Å². The van der Waals surface area contributed by atoms with Crippen LogP contribution in [-0.2, 0) is 25.5 Å². The highest BCUT2D eigenvalue weighted by atomic mass is 16.5. The van der Waals surface area contributed by atoms with Crippen molar-refractivity contribution in [2.75, 3.05) is 34.0 Å². The summed E-state index contributed by atoms with van der Waals surface area (Å²) in [5.41, 5.74) is 1.13. The van der Waals surface area contributed by atoms with Gasteiger partial charge >= 0.3 is 12.1 Å². The first kappa shape index (κ1) is 33.1. The molecule has 11 heteroatoms. The molecular formula is C33H47N3O8. The van der Waals surface area contributed by atoms with Gasteiger partial charge in [-0.15, -0.1) is 0 Å². The standard InChI is InChI=1S/C33H47N3O8/c1-6-43-28-19-26(37)23-17-22(27(41-4)18-24(23)34-28)13-9-15-33(2,3)20-44-32(40)35-29(21-11-7-8-12-21)30(38)36-16-10-14-25(36)31(39)42-5/h17-19,21,25,29H,6-16,20H2,1-5H3,(H,34,37)(H,35,40)/t25?,29-/m0/s1. The summed E-state index contributed by atoms with van der Waals surface area (Å²) >= 11 is 0. The number of pyridine rings is 1. The molecule has 1 aromatic carbocycles. The molecule has 1 unspecified atom stereocenters. The van der Waals surface area contributed by atoms with Crippen LogP contribution in [-0.4, -0.2) is 73.9 Å². The number of nitrogens with one attached hydrogen (secondary N) is 2. The molecular weight excluding hydrogens is 566 g/mol. The second kappa shape index (κ2) is 14.8. The minimum Gasteiger partial charge on any atom is -0.496 e. The fourth-order valence-electron chi connectivity index (χ4n) is 6.44. The van der Waals surface area contributed by atoms with Crippen molar-refractivity contribution in [2.45, 2.75) is 90.6 Å². The van der Waals surface area contributed by atoms with Gasteiger partial charge in [0.15, 0.2) is 11.3 Å². The Bertz CT molecular complexity index is 1380. The van der Waals surface area contributed by atoms with Crippen LogP contribution in [0.4, 0.5) is 4.79 Å². The predicted molar refractivity (Wildman–Crippen MR) is 166 cm³/mol. The molecule has 2 amide bonds. The Kier molecular flexibility index (Phi) is 11.2. The maximum Gasteiger partial charge on any atom is 0.407 e. The predicted octanol–water partition coefficient (Wildman–Crippen LogP) is 4.73. The lowest BCUT2D eigenvalue weighted by atomic mass is 9.87. The van der Waals surface area contributed by atoms with Gasteiger partial charge in [-0.2, -0.15) is 0 Å². The third-order valence-corrected chi connectivity index (χ3v) is 8.82. The van der Waals surface area contributed by atoms with Gasteiger partial charge < -0.3 is 34.1 Å². The molecule has 2 atom stereocenters. The largest absolute Gasteiger partial charge is 0.496 e. The number of benzene rings is 1. The van der Waals surface area contributed by atoms with Crippen LogP contribution in [0.1, 0.15) is 77.7 Å². The zero-order chi connectivity index (χ0) is 31.9. The van der Waals surface area contributed by atoms with Crippen molar-refractivity contribution >= 4 is 28.9 Å². The van der Waals surface area contributed by atoms with E-state index in [1.54, 1.807) is 12.0 Å². The van der Waals surface area contributed by atoms with Crippen molar-refractivity contribution in [3.8, 4) is 11.6 Å². The van der Waals surface area contributed by atoms with Crippen LogP contribution >= 0.6 is 0 Å². The van der Waals surface area contributed by atoms with Crippen molar-refractivity contribution in [3.05, 3.63) is 34.0 Å². The molecule has 1 saturated heterocycles. The lowest BCUT2D eigenvalue weighted by Gasteiger charge is -2.31. The summed E-state index contributed by atoms with van der Waals surface area (Å²) < 4.78 is 21.7. The summed E-state index contributed by atoms with van der Waals surface area (Å²) in [4.78, 5) is 56.3. The van der Waals surface area contributed by atoms with Crippen LogP contribution in [0, 0.1) is 11.3 Å². The molecule has 1 aliphatic carbocycles. The third-order valence-electron chi connectivity index (χ3n) is 8.82. The minimum absolute atomic E-state index is 0.0110. The molecule has 2 aromatic rings. The van der Waals surface area contributed by atoms with Gasteiger partial charge in [0.1, 0.15) is 17.8 Å². The molecule has 1 aliphatic heterocycles. The average Bonchev–Trinajstić information content (AvgIpc) is 3.71. The zero-order valence-electron chi connectivity index (χ0n) is 26.7. The van der Waals surface area contributed by atoms with Crippen molar-refractivity contribution in [1.82, 2.24) is 15.2 Å². The Hall–Kier alpha value is -3.76. The van der Waals surface area contributed by atoms with E-state index in [9.17, 15) is 19.2 Å². The zero-order valence-corrected chi connectivity index (χ0v) is 26.7.